The van der Waals surface area contributed by atoms with E-state index in [-0.39, 0.29) is 0 Å². The molecule has 1 aromatic heterocycles. The molecule has 0 amide bonds. The fourth-order valence-electron chi connectivity index (χ4n) is 1.78. The van der Waals surface area contributed by atoms with Gasteiger partial charge < -0.3 is 0 Å². The Hall–Kier alpha value is -0.340. The van der Waals surface area contributed by atoms with Gasteiger partial charge in [-0.3, -0.25) is 4.90 Å². The predicted octanol–water partition coefficient (Wildman–Crippen LogP) is 2.65. The van der Waals surface area contributed by atoms with Crippen LogP contribution in [0.3, 0.4) is 0 Å². The molecule has 66 valence electrons. The van der Waals surface area contributed by atoms with Gasteiger partial charge >= 0.3 is 0 Å². The van der Waals surface area contributed by atoms with Crippen LogP contribution in [0.5, 0.6) is 0 Å². The Morgan fingerprint density at radius 2 is 2.17 bits per heavy atom. The Morgan fingerprint density at radius 1 is 1.42 bits per heavy atom. The third-order valence-electron chi connectivity index (χ3n) is 2.39. The molecule has 1 nitrogen and oxygen atoms in total. The minimum atomic E-state index is 1.17. The van der Waals surface area contributed by atoms with Crippen molar-refractivity contribution in [3.8, 4) is 0 Å². The van der Waals surface area contributed by atoms with E-state index in [0.29, 0.717) is 0 Å². The Balaban J connectivity index is 1.94. The zero-order valence-corrected chi connectivity index (χ0v) is 8.36. The zero-order valence-electron chi connectivity index (χ0n) is 7.55. The molecule has 2 rings (SSSR count). The lowest BCUT2D eigenvalue weighted by atomic mass is 10.3. The van der Waals surface area contributed by atoms with Gasteiger partial charge in [0.25, 0.3) is 0 Å². The van der Waals surface area contributed by atoms with Crippen LogP contribution >= 0.6 is 11.3 Å². The lowest BCUT2D eigenvalue weighted by Crippen LogP contribution is -2.17. The molecular formula is C10H15NS. The third kappa shape index (κ3) is 1.87. The second kappa shape index (κ2) is 3.58. The topological polar surface area (TPSA) is 3.24 Å². The third-order valence-corrected chi connectivity index (χ3v) is 3.30. The van der Waals surface area contributed by atoms with Crippen molar-refractivity contribution in [2.45, 2.75) is 26.3 Å². The monoisotopic (exact) mass is 181 g/mol. The van der Waals surface area contributed by atoms with Crippen LogP contribution in [-0.4, -0.2) is 18.0 Å². The molecule has 0 radical (unpaired) electrons. The second-order valence-electron chi connectivity index (χ2n) is 3.55. The second-order valence-corrected chi connectivity index (χ2v) is 4.66. The van der Waals surface area contributed by atoms with Gasteiger partial charge in [0.15, 0.2) is 0 Å². The summed E-state index contributed by atoms with van der Waals surface area (Å²) in [5.41, 5.74) is 1.50. The first-order valence-electron chi connectivity index (χ1n) is 4.61. The molecule has 0 aromatic carbocycles. The van der Waals surface area contributed by atoms with E-state index in [2.05, 4.69) is 23.3 Å². The van der Waals surface area contributed by atoms with E-state index >= 15 is 0 Å². The SMILES string of the molecule is Cc1cc(CN2CCCC2)cs1. The van der Waals surface area contributed by atoms with Crippen molar-refractivity contribution >= 4 is 11.3 Å². The fraction of sp³-hybridized carbons (Fsp3) is 0.600. The molecule has 0 spiro atoms. The molecule has 2 heteroatoms. The summed E-state index contributed by atoms with van der Waals surface area (Å²) in [5, 5.41) is 2.29. The molecule has 1 aromatic rings. The van der Waals surface area contributed by atoms with Crippen molar-refractivity contribution in [2.24, 2.45) is 0 Å². The standard InChI is InChI=1S/C10H15NS/c1-9-6-10(8-12-9)7-11-4-2-3-5-11/h6,8H,2-5,7H2,1H3. The van der Waals surface area contributed by atoms with Crippen molar-refractivity contribution in [3.05, 3.63) is 21.9 Å². The van der Waals surface area contributed by atoms with Crippen LogP contribution in [0.1, 0.15) is 23.3 Å². The van der Waals surface area contributed by atoms with Crippen LogP contribution in [0, 0.1) is 6.92 Å². The van der Waals surface area contributed by atoms with Crippen molar-refractivity contribution in [1.82, 2.24) is 4.90 Å². The molecule has 1 fully saturated rings. The summed E-state index contributed by atoms with van der Waals surface area (Å²) in [7, 11) is 0. The molecule has 0 saturated carbocycles. The Bertz CT molecular complexity index is 248. The van der Waals surface area contributed by atoms with E-state index in [1.54, 1.807) is 0 Å². The van der Waals surface area contributed by atoms with E-state index in [1.165, 1.54) is 42.9 Å². The Labute approximate surface area is 78.0 Å². The summed E-state index contributed by atoms with van der Waals surface area (Å²) in [6.45, 7) is 5.95. The lowest BCUT2D eigenvalue weighted by molar-refractivity contribution is 0.332. The summed E-state index contributed by atoms with van der Waals surface area (Å²) >= 11 is 1.86. The fourth-order valence-corrected chi connectivity index (χ4v) is 2.48. The number of aryl methyl sites for hydroxylation is 1. The highest BCUT2D eigenvalue weighted by atomic mass is 32.1. The quantitative estimate of drug-likeness (QED) is 0.678. The Morgan fingerprint density at radius 3 is 2.75 bits per heavy atom. The van der Waals surface area contributed by atoms with E-state index in [0.717, 1.165) is 0 Å². The number of rotatable bonds is 2. The predicted molar refractivity (Wildman–Crippen MR) is 53.6 cm³/mol. The van der Waals surface area contributed by atoms with Crippen LogP contribution in [-0.2, 0) is 6.54 Å². The summed E-state index contributed by atoms with van der Waals surface area (Å²) in [6, 6.07) is 2.31. The number of hydrogen-bond acceptors (Lipinski definition) is 2. The average molecular weight is 181 g/mol. The molecule has 12 heavy (non-hydrogen) atoms. The average Bonchev–Trinajstić information content (AvgIpc) is 2.63. The molecule has 0 N–H and O–H groups in total. The van der Waals surface area contributed by atoms with E-state index in [1.807, 2.05) is 11.3 Å². The highest BCUT2D eigenvalue weighted by Crippen LogP contribution is 2.17. The highest BCUT2D eigenvalue weighted by Gasteiger charge is 2.11. The summed E-state index contributed by atoms with van der Waals surface area (Å²) in [5.74, 6) is 0. The summed E-state index contributed by atoms with van der Waals surface area (Å²) in [4.78, 5) is 3.98. The van der Waals surface area contributed by atoms with Crippen LogP contribution in [0.15, 0.2) is 11.4 Å². The molecule has 0 atom stereocenters. The van der Waals surface area contributed by atoms with Gasteiger partial charge in [0, 0.05) is 11.4 Å². The van der Waals surface area contributed by atoms with E-state index in [9.17, 15) is 0 Å². The van der Waals surface area contributed by atoms with Crippen molar-refractivity contribution in [1.29, 1.82) is 0 Å². The van der Waals surface area contributed by atoms with Gasteiger partial charge in [0.1, 0.15) is 0 Å². The van der Waals surface area contributed by atoms with Crippen molar-refractivity contribution in [2.75, 3.05) is 13.1 Å². The summed E-state index contributed by atoms with van der Waals surface area (Å²) < 4.78 is 0. The van der Waals surface area contributed by atoms with Gasteiger partial charge in [0.2, 0.25) is 0 Å². The molecular weight excluding hydrogens is 166 g/mol. The number of nitrogens with zero attached hydrogens (tertiary/aromatic N) is 1. The molecule has 1 aliphatic rings. The maximum absolute atomic E-state index is 2.54. The van der Waals surface area contributed by atoms with E-state index < -0.39 is 0 Å². The number of hydrogen-bond donors (Lipinski definition) is 0. The van der Waals surface area contributed by atoms with Crippen LogP contribution in [0.2, 0.25) is 0 Å². The molecule has 0 unspecified atom stereocenters. The molecule has 0 aliphatic carbocycles. The van der Waals surface area contributed by atoms with Gasteiger partial charge in [-0.25, -0.2) is 0 Å². The van der Waals surface area contributed by atoms with Gasteiger partial charge in [-0.2, -0.15) is 0 Å². The normalized spacial score (nSPS) is 18.8. The smallest absolute Gasteiger partial charge is 0.0242 e. The largest absolute Gasteiger partial charge is 0.299 e. The van der Waals surface area contributed by atoms with Crippen molar-refractivity contribution < 1.29 is 0 Å². The van der Waals surface area contributed by atoms with E-state index in [4.69, 9.17) is 0 Å². The number of thiophene rings is 1. The molecule has 1 aliphatic heterocycles. The maximum atomic E-state index is 2.54. The zero-order chi connectivity index (χ0) is 8.39. The van der Waals surface area contributed by atoms with Crippen molar-refractivity contribution in [3.63, 3.8) is 0 Å². The Kier molecular flexibility index (Phi) is 2.47. The van der Waals surface area contributed by atoms with Crippen LogP contribution in [0.25, 0.3) is 0 Å². The number of likely N-dealkylation sites (tertiary alicyclic amines) is 1. The minimum absolute atomic E-state index is 1.17. The minimum Gasteiger partial charge on any atom is -0.299 e. The first-order chi connectivity index (χ1) is 5.84. The first kappa shape index (κ1) is 8.27. The molecule has 0 bridgehead atoms. The lowest BCUT2D eigenvalue weighted by Gasteiger charge is -2.12. The van der Waals surface area contributed by atoms with Gasteiger partial charge in [0.05, 0.1) is 0 Å². The first-order valence-corrected chi connectivity index (χ1v) is 5.49. The van der Waals surface area contributed by atoms with Crippen LogP contribution in [0.4, 0.5) is 0 Å². The summed E-state index contributed by atoms with van der Waals surface area (Å²) in [6.07, 6.45) is 2.78. The maximum Gasteiger partial charge on any atom is 0.0242 e. The molecule has 2 heterocycles. The van der Waals surface area contributed by atoms with Crippen LogP contribution < -0.4 is 0 Å². The highest BCUT2D eigenvalue weighted by molar-refractivity contribution is 7.10. The van der Waals surface area contributed by atoms with Gasteiger partial charge in [-0.1, -0.05) is 0 Å². The van der Waals surface area contributed by atoms with Gasteiger partial charge in [-0.15, -0.1) is 11.3 Å². The molecule has 1 saturated heterocycles. The van der Waals surface area contributed by atoms with Gasteiger partial charge in [-0.05, 0) is 49.9 Å².